The Morgan fingerprint density at radius 1 is 1.07 bits per heavy atom. The summed E-state index contributed by atoms with van der Waals surface area (Å²) >= 11 is 0. The molecule has 0 amide bonds. The monoisotopic (exact) mass is 388 g/mol. The van der Waals surface area contributed by atoms with E-state index in [0.29, 0.717) is 29.1 Å². The van der Waals surface area contributed by atoms with Gasteiger partial charge in [0.2, 0.25) is 10.0 Å². The van der Waals surface area contributed by atoms with E-state index in [1.165, 1.54) is 19.9 Å². The van der Waals surface area contributed by atoms with Gasteiger partial charge >= 0.3 is 0 Å². The Labute approximate surface area is 161 Å². The fourth-order valence-electron chi connectivity index (χ4n) is 3.70. The molecule has 7 heteroatoms. The second kappa shape index (κ2) is 7.94. The van der Waals surface area contributed by atoms with Crippen molar-refractivity contribution in [2.75, 3.05) is 12.4 Å². The van der Waals surface area contributed by atoms with Crippen LogP contribution in [0.2, 0.25) is 0 Å². The lowest BCUT2D eigenvalue weighted by Crippen LogP contribution is -2.35. The molecule has 0 unspecified atom stereocenters. The van der Waals surface area contributed by atoms with Gasteiger partial charge in [-0.15, -0.1) is 10.2 Å². The predicted molar refractivity (Wildman–Crippen MR) is 108 cm³/mol. The van der Waals surface area contributed by atoms with Crippen molar-refractivity contribution in [3.8, 4) is 11.3 Å². The van der Waals surface area contributed by atoms with E-state index in [9.17, 15) is 8.42 Å². The molecule has 1 aromatic heterocycles. The zero-order chi connectivity index (χ0) is 19.6. The van der Waals surface area contributed by atoms with Crippen LogP contribution < -0.4 is 10.0 Å². The fraction of sp³-hybridized carbons (Fsp3) is 0.500. The van der Waals surface area contributed by atoms with E-state index in [1.807, 2.05) is 18.2 Å². The summed E-state index contributed by atoms with van der Waals surface area (Å²) in [5.41, 5.74) is 2.08. The minimum absolute atomic E-state index is 0.261. The summed E-state index contributed by atoms with van der Waals surface area (Å²) in [6.45, 7) is 6.37. The van der Waals surface area contributed by atoms with E-state index >= 15 is 0 Å². The molecule has 1 aliphatic carbocycles. The van der Waals surface area contributed by atoms with E-state index in [-0.39, 0.29) is 4.90 Å². The number of hydrogen-bond donors (Lipinski definition) is 2. The maximum Gasteiger partial charge on any atom is 0.240 e. The van der Waals surface area contributed by atoms with Gasteiger partial charge in [0.05, 0.1) is 10.6 Å². The Balaban J connectivity index is 1.81. The van der Waals surface area contributed by atoms with Gasteiger partial charge in [0.25, 0.3) is 0 Å². The third-order valence-electron chi connectivity index (χ3n) is 5.75. The number of aromatic nitrogens is 2. The number of nitrogens with zero attached hydrogens (tertiary/aromatic N) is 2. The highest BCUT2D eigenvalue weighted by atomic mass is 32.2. The summed E-state index contributed by atoms with van der Waals surface area (Å²) < 4.78 is 26.7. The van der Waals surface area contributed by atoms with Crippen LogP contribution in [0.1, 0.15) is 38.7 Å². The molecule has 0 radical (unpaired) electrons. The maximum atomic E-state index is 12.2. The van der Waals surface area contributed by atoms with Gasteiger partial charge < -0.3 is 5.32 Å². The topological polar surface area (TPSA) is 84.0 Å². The Morgan fingerprint density at radius 2 is 1.85 bits per heavy atom. The number of aryl methyl sites for hydroxylation is 1. The summed E-state index contributed by atoms with van der Waals surface area (Å²) in [5.74, 6) is 2.08. The highest BCUT2D eigenvalue weighted by molar-refractivity contribution is 7.89. The first kappa shape index (κ1) is 19.8. The molecule has 2 N–H and O–H groups in total. The lowest BCUT2D eigenvalue weighted by atomic mass is 9.78. The van der Waals surface area contributed by atoms with E-state index in [4.69, 9.17) is 0 Å². The summed E-state index contributed by atoms with van der Waals surface area (Å²) in [7, 11) is -2.10. The number of benzene rings is 1. The van der Waals surface area contributed by atoms with E-state index in [2.05, 4.69) is 34.1 Å². The van der Waals surface area contributed by atoms with Crippen LogP contribution in [0, 0.1) is 18.8 Å². The normalized spacial score (nSPS) is 23.2. The molecular weight excluding hydrogens is 360 g/mol. The van der Waals surface area contributed by atoms with Crippen molar-refractivity contribution in [1.29, 1.82) is 0 Å². The fourth-order valence-corrected chi connectivity index (χ4v) is 4.69. The van der Waals surface area contributed by atoms with Crippen LogP contribution in [0.15, 0.2) is 35.2 Å². The van der Waals surface area contributed by atoms with Crippen molar-refractivity contribution >= 4 is 15.8 Å². The molecule has 27 heavy (non-hydrogen) atoms. The molecule has 0 aliphatic heterocycles. The lowest BCUT2D eigenvalue weighted by Gasteiger charge is -2.34. The Morgan fingerprint density at radius 3 is 2.52 bits per heavy atom. The third-order valence-corrected chi connectivity index (χ3v) is 7.30. The van der Waals surface area contributed by atoms with Crippen LogP contribution in [-0.2, 0) is 10.0 Å². The van der Waals surface area contributed by atoms with Gasteiger partial charge in [-0.05, 0) is 56.0 Å². The van der Waals surface area contributed by atoms with Gasteiger partial charge in [-0.1, -0.05) is 38.8 Å². The molecule has 2 aromatic rings. The highest BCUT2D eigenvalue weighted by Gasteiger charge is 2.27. The molecule has 1 fully saturated rings. The minimum Gasteiger partial charge on any atom is -0.366 e. The Hall–Kier alpha value is -1.99. The van der Waals surface area contributed by atoms with Gasteiger partial charge in [0.15, 0.2) is 0 Å². The molecule has 3 rings (SSSR count). The lowest BCUT2D eigenvalue weighted by molar-refractivity contribution is 0.253. The zero-order valence-corrected chi connectivity index (χ0v) is 17.2. The average Bonchev–Trinajstić information content (AvgIpc) is 2.66. The molecule has 0 saturated heterocycles. The summed E-state index contributed by atoms with van der Waals surface area (Å²) in [4.78, 5) is 0.261. The smallest absolute Gasteiger partial charge is 0.240 e. The van der Waals surface area contributed by atoms with Crippen molar-refractivity contribution in [3.05, 3.63) is 35.9 Å². The van der Waals surface area contributed by atoms with Crippen molar-refractivity contribution in [2.24, 2.45) is 11.8 Å². The SMILES string of the molecule is CNS(=O)(=O)c1cc(-c2ccc(N[C@@H]3CCC[C@@H](C)[C@H]3C)nn2)ccc1C. The largest absolute Gasteiger partial charge is 0.366 e. The number of sulfonamides is 1. The van der Waals surface area contributed by atoms with Crippen molar-refractivity contribution in [3.63, 3.8) is 0 Å². The minimum atomic E-state index is -3.51. The summed E-state index contributed by atoms with van der Waals surface area (Å²) in [6.07, 6.45) is 3.67. The standard InChI is InChI=1S/C20H28N4O2S/c1-13-6-5-7-17(15(13)3)22-20-11-10-18(23-24-20)16-9-8-14(2)19(12-16)27(25,26)21-4/h8-13,15,17,21H,5-7H2,1-4H3,(H,22,24)/t13-,15-,17-/m1/s1. The Kier molecular flexibility index (Phi) is 5.81. The quantitative estimate of drug-likeness (QED) is 0.818. The maximum absolute atomic E-state index is 12.2. The summed E-state index contributed by atoms with van der Waals surface area (Å²) in [6, 6.07) is 9.52. The molecule has 1 aromatic carbocycles. The van der Waals surface area contributed by atoms with Crippen LogP contribution in [0.3, 0.4) is 0 Å². The summed E-state index contributed by atoms with van der Waals surface area (Å²) in [5, 5.41) is 12.1. The van der Waals surface area contributed by atoms with Gasteiger partial charge in [-0.2, -0.15) is 0 Å². The van der Waals surface area contributed by atoms with E-state index in [0.717, 1.165) is 17.8 Å². The second-order valence-electron chi connectivity index (χ2n) is 7.51. The average molecular weight is 389 g/mol. The van der Waals surface area contributed by atoms with Gasteiger partial charge in [0.1, 0.15) is 5.82 Å². The molecule has 0 spiro atoms. The third kappa shape index (κ3) is 4.30. The van der Waals surface area contributed by atoms with Crippen LogP contribution in [0.4, 0.5) is 5.82 Å². The van der Waals surface area contributed by atoms with Crippen LogP contribution >= 0.6 is 0 Å². The molecule has 6 nitrogen and oxygen atoms in total. The first-order chi connectivity index (χ1) is 12.8. The zero-order valence-electron chi connectivity index (χ0n) is 16.4. The molecule has 0 bridgehead atoms. The van der Waals surface area contributed by atoms with Gasteiger partial charge in [0, 0.05) is 11.6 Å². The first-order valence-corrected chi connectivity index (χ1v) is 10.9. The molecule has 1 saturated carbocycles. The molecule has 146 valence electrons. The molecule has 1 aliphatic rings. The van der Waals surface area contributed by atoms with Crippen LogP contribution in [0.5, 0.6) is 0 Å². The van der Waals surface area contributed by atoms with Crippen LogP contribution in [0.25, 0.3) is 11.3 Å². The molecular formula is C20H28N4O2S. The van der Waals surface area contributed by atoms with E-state index < -0.39 is 10.0 Å². The number of anilines is 1. The van der Waals surface area contributed by atoms with Crippen molar-refractivity contribution in [2.45, 2.75) is 51.0 Å². The van der Waals surface area contributed by atoms with Crippen molar-refractivity contribution in [1.82, 2.24) is 14.9 Å². The second-order valence-corrected chi connectivity index (χ2v) is 9.36. The Bertz CT molecular complexity index is 897. The predicted octanol–water partition coefficient (Wildman–Crippen LogP) is 3.60. The highest BCUT2D eigenvalue weighted by Crippen LogP contribution is 2.31. The van der Waals surface area contributed by atoms with Crippen LogP contribution in [-0.4, -0.2) is 31.7 Å². The molecule has 3 atom stereocenters. The number of rotatable bonds is 5. The van der Waals surface area contributed by atoms with Crippen molar-refractivity contribution < 1.29 is 8.42 Å². The number of hydrogen-bond acceptors (Lipinski definition) is 5. The molecule has 1 heterocycles. The number of nitrogens with one attached hydrogen (secondary N) is 2. The first-order valence-electron chi connectivity index (χ1n) is 9.46. The van der Waals surface area contributed by atoms with Gasteiger partial charge in [-0.3, -0.25) is 0 Å². The van der Waals surface area contributed by atoms with Gasteiger partial charge in [-0.25, -0.2) is 13.1 Å². The van der Waals surface area contributed by atoms with E-state index in [1.54, 1.807) is 19.1 Å².